The van der Waals surface area contributed by atoms with E-state index in [1.54, 1.807) is 7.11 Å². The van der Waals surface area contributed by atoms with Gasteiger partial charge in [0.25, 0.3) is 0 Å². The van der Waals surface area contributed by atoms with Gasteiger partial charge in [-0.15, -0.1) is 0 Å². The lowest BCUT2D eigenvalue weighted by Crippen LogP contribution is -2.31. The summed E-state index contributed by atoms with van der Waals surface area (Å²) in [5.41, 5.74) is 0. The van der Waals surface area contributed by atoms with Crippen LogP contribution in [0.3, 0.4) is 0 Å². The summed E-state index contributed by atoms with van der Waals surface area (Å²) >= 11 is 0. The Morgan fingerprint density at radius 1 is 1.44 bits per heavy atom. The number of methoxy groups -OCH3 is 1. The second-order valence-corrected chi connectivity index (χ2v) is 3.42. The number of carboxylic acid groups (broad SMARTS) is 1. The van der Waals surface area contributed by atoms with E-state index in [9.17, 15) is 9.90 Å². The topological polar surface area (TPSA) is 88.0 Å². The van der Waals surface area contributed by atoms with Crippen molar-refractivity contribution in [1.29, 1.82) is 0 Å². The maximum absolute atomic E-state index is 10.2. The van der Waals surface area contributed by atoms with Gasteiger partial charge in [-0.25, -0.2) is 0 Å². The Morgan fingerprint density at radius 2 is 2.19 bits per heavy atom. The van der Waals surface area contributed by atoms with Gasteiger partial charge < -0.3 is 25.0 Å². The summed E-state index contributed by atoms with van der Waals surface area (Å²) < 4.78 is 9.90. The first-order chi connectivity index (χ1) is 7.66. The number of ether oxygens (including phenoxy) is 2. The SMILES string of the molecule is COCCOCC(O)CNCCCC(=O)O. The van der Waals surface area contributed by atoms with Crippen LogP contribution >= 0.6 is 0 Å². The zero-order valence-electron chi connectivity index (χ0n) is 9.65. The second kappa shape index (κ2) is 10.8. The van der Waals surface area contributed by atoms with Gasteiger partial charge >= 0.3 is 5.97 Å². The van der Waals surface area contributed by atoms with Crippen LogP contribution in [0.2, 0.25) is 0 Å². The summed E-state index contributed by atoms with van der Waals surface area (Å²) in [6.07, 6.45) is 0.140. The summed E-state index contributed by atoms with van der Waals surface area (Å²) in [7, 11) is 1.59. The molecule has 0 aliphatic carbocycles. The van der Waals surface area contributed by atoms with Gasteiger partial charge in [0.2, 0.25) is 0 Å². The van der Waals surface area contributed by atoms with Crippen LogP contribution in [0.25, 0.3) is 0 Å². The third-order valence-electron chi connectivity index (χ3n) is 1.87. The molecule has 0 amide bonds. The number of aliphatic hydroxyl groups is 1. The van der Waals surface area contributed by atoms with Crippen LogP contribution in [0.15, 0.2) is 0 Å². The molecule has 96 valence electrons. The van der Waals surface area contributed by atoms with Gasteiger partial charge in [-0.2, -0.15) is 0 Å². The molecule has 0 aliphatic rings. The molecular formula is C10H21NO5. The number of hydrogen-bond donors (Lipinski definition) is 3. The number of rotatable bonds is 11. The quantitative estimate of drug-likeness (QED) is 0.417. The highest BCUT2D eigenvalue weighted by Gasteiger charge is 2.03. The minimum absolute atomic E-state index is 0.146. The van der Waals surface area contributed by atoms with E-state index in [4.69, 9.17) is 14.6 Å². The lowest BCUT2D eigenvalue weighted by molar-refractivity contribution is -0.137. The van der Waals surface area contributed by atoms with Gasteiger partial charge in [0.15, 0.2) is 0 Å². The summed E-state index contributed by atoms with van der Waals surface area (Å²) in [5.74, 6) is -0.801. The van der Waals surface area contributed by atoms with Crippen LogP contribution in [0, 0.1) is 0 Å². The fraction of sp³-hybridized carbons (Fsp3) is 0.900. The zero-order chi connectivity index (χ0) is 12.2. The molecule has 0 rings (SSSR count). The maximum Gasteiger partial charge on any atom is 0.303 e. The summed E-state index contributed by atoms with van der Waals surface area (Å²) in [4.78, 5) is 10.2. The molecule has 0 saturated heterocycles. The Labute approximate surface area is 95.6 Å². The molecule has 0 saturated carbocycles. The molecule has 0 aromatic rings. The van der Waals surface area contributed by atoms with Crippen molar-refractivity contribution in [2.45, 2.75) is 18.9 Å². The minimum Gasteiger partial charge on any atom is -0.481 e. The Bertz CT molecular complexity index is 177. The Kier molecular flexibility index (Phi) is 10.3. The first kappa shape index (κ1) is 15.3. The number of aliphatic hydroxyl groups excluding tert-OH is 1. The molecule has 16 heavy (non-hydrogen) atoms. The van der Waals surface area contributed by atoms with E-state index in [1.807, 2.05) is 0 Å². The third-order valence-corrected chi connectivity index (χ3v) is 1.87. The third kappa shape index (κ3) is 11.4. The molecule has 0 heterocycles. The van der Waals surface area contributed by atoms with Gasteiger partial charge in [0, 0.05) is 20.1 Å². The number of nitrogens with one attached hydrogen (secondary N) is 1. The van der Waals surface area contributed by atoms with E-state index in [0.717, 1.165) is 0 Å². The Morgan fingerprint density at radius 3 is 2.81 bits per heavy atom. The second-order valence-electron chi connectivity index (χ2n) is 3.42. The zero-order valence-corrected chi connectivity index (χ0v) is 9.65. The summed E-state index contributed by atoms with van der Waals surface area (Å²) in [6.45, 7) is 2.23. The Hall–Kier alpha value is -0.690. The Balaban J connectivity index is 3.17. The van der Waals surface area contributed by atoms with Crippen molar-refractivity contribution < 1.29 is 24.5 Å². The number of carbonyl (C=O) groups is 1. The molecule has 0 spiro atoms. The van der Waals surface area contributed by atoms with E-state index in [-0.39, 0.29) is 13.0 Å². The largest absolute Gasteiger partial charge is 0.481 e. The average Bonchev–Trinajstić information content (AvgIpc) is 2.23. The fourth-order valence-electron chi connectivity index (χ4n) is 1.05. The molecule has 0 fully saturated rings. The van der Waals surface area contributed by atoms with Crippen molar-refractivity contribution in [3.63, 3.8) is 0 Å². The van der Waals surface area contributed by atoms with Crippen LogP contribution in [0.4, 0.5) is 0 Å². The predicted octanol–water partition coefficient (Wildman–Crippen LogP) is -0.535. The smallest absolute Gasteiger partial charge is 0.303 e. The number of hydrogen-bond acceptors (Lipinski definition) is 5. The summed E-state index contributed by atoms with van der Waals surface area (Å²) in [5, 5.41) is 20.7. The van der Waals surface area contributed by atoms with Gasteiger partial charge in [-0.1, -0.05) is 0 Å². The first-order valence-electron chi connectivity index (χ1n) is 5.34. The van der Waals surface area contributed by atoms with Crippen molar-refractivity contribution in [3.05, 3.63) is 0 Å². The molecule has 0 radical (unpaired) electrons. The minimum atomic E-state index is -0.801. The number of carboxylic acids is 1. The average molecular weight is 235 g/mol. The molecule has 0 aromatic heterocycles. The van der Waals surface area contributed by atoms with E-state index < -0.39 is 12.1 Å². The van der Waals surface area contributed by atoms with Crippen LogP contribution < -0.4 is 5.32 Å². The highest BCUT2D eigenvalue weighted by Crippen LogP contribution is 1.88. The lowest BCUT2D eigenvalue weighted by atomic mass is 10.3. The van der Waals surface area contributed by atoms with Crippen molar-refractivity contribution in [3.8, 4) is 0 Å². The molecular weight excluding hydrogens is 214 g/mol. The van der Waals surface area contributed by atoms with E-state index in [2.05, 4.69) is 5.32 Å². The fourth-order valence-corrected chi connectivity index (χ4v) is 1.05. The van der Waals surface area contributed by atoms with Crippen LogP contribution in [-0.4, -0.2) is 62.3 Å². The standard InChI is InChI=1S/C10H21NO5/c1-15-5-6-16-8-9(12)7-11-4-2-3-10(13)14/h9,11-12H,2-8H2,1H3,(H,13,14). The molecule has 1 unspecified atom stereocenters. The number of aliphatic carboxylic acids is 1. The van der Waals surface area contributed by atoms with Gasteiger partial charge in [-0.05, 0) is 13.0 Å². The van der Waals surface area contributed by atoms with Crippen LogP contribution in [0.1, 0.15) is 12.8 Å². The van der Waals surface area contributed by atoms with E-state index >= 15 is 0 Å². The predicted molar refractivity (Wildman–Crippen MR) is 58.4 cm³/mol. The molecule has 6 nitrogen and oxygen atoms in total. The molecule has 0 aromatic carbocycles. The van der Waals surface area contributed by atoms with Crippen molar-refractivity contribution in [2.75, 3.05) is 40.0 Å². The molecule has 3 N–H and O–H groups in total. The van der Waals surface area contributed by atoms with Gasteiger partial charge in [0.1, 0.15) is 0 Å². The van der Waals surface area contributed by atoms with E-state index in [1.165, 1.54) is 0 Å². The molecule has 0 aliphatic heterocycles. The van der Waals surface area contributed by atoms with Crippen molar-refractivity contribution in [1.82, 2.24) is 5.32 Å². The van der Waals surface area contributed by atoms with Crippen molar-refractivity contribution in [2.24, 2.45) is 0 Å². The van der Waals surface area contributed by atoms with Crippen LogP contribution in [0.5, 0.6) is 0 Å². The van der Waals surface area contributed by atoms with Crippen molar-refractivity contribution >= 4 is 5.97 Å². The highest BCUT2D eigenvalue weighted by molar-refractivity contribution is 5.66. The molecule has 6 heteroatoms. The molecule has 1 atom stereocenters. The maximum atomic E-state index is 10.2. The normalized spacial score (nSPS) is 12.6. The van der Waals surface area contributed by atoms with E-state index in [0.29, 0.717) is 32.7 Å². The summed E-state index contributed by atoms with van der Waals surface area (Å²) in [6, 6.07) is 0. The van der Waals surface area contributed by atoms with Crippen LogP contribution in [-0.2, 0) is 14.3 Å². The first-order valence-corrected chi connectivity index (χ1v) is 5.34. The molecule has 0 bridgehead atoms. The lowest BCUT2D eigenvalue weighted by Gasteiger charge is -2.11. The highest BCUT2D eigenvalue weighted by atomic mass is 16.5. The monoisotopic (exact) mass is 235 g/mol. The van der Waals surface area contributed by atoms with Gasteiger partial charge in [-0.3, -0.25) is 4.79 Å². The van der Waals surface area contributed by atoms with Gasteiger partial charge in [0.05, 0.1) is 25.9 Å².